The molecule has 0 heterocycles. The first-order chi connectivity index (χ1) is 9.79. The van der Waals surface area contributed by atoms with Gasteiger partial charge in [0.15, 0.2) is 0 Å². The molecule has 0 fully saturated rings. The fourth-order valence-electron chi connectivity index (χ4n) is 1.89. The second kappa shape index (κ2) is 7.42. The van der Waals surface area contributed by atoms with Gasteiger partial charge in [0.1, 0.15) is 6.61 Å². The van der Waals surface area contributed by atoms with Crippen LogP contribution in [0.15, 0.2) is 24.3 Å². The van der Waals surface area contributed by atoms with Gasteiger partial charge in [-0.25, -0.2) is 0 Å². The summed E-state index contributed by atoms with van der Waals surface area (Å²) in [6.45, 7) is 1.61. The second-order valence-corrected chi connectivity index (χ2v) is 4.58. The number of hydrogen-bond acceptors (Lipinski definition) is 3. The fraction of sp³-hybridized carbons (Fsp3) is 0.500. The maximum Gasteiger partial charge on any atom is 0.416 e. The van der Waals surface area contributed by atoms with E-state index in [2.05, 4.69) is 10.1 Å². The van der Waals surface area contributed by atoms with Crippen LogP contribution in [0.1, 0.15) is 30.6 Å². The van der Waals surface area contributed by atoms with Crippen molar-refractivity contribution in [1.29, 1.82) is 0 Å². The molecule has 2 N–H and O–H groups in total. The molecule has 0 saturated carbocycles. The number of methoxy groups -OCH3 is 1. The summed E-state index contributed by atoms with van der Waals surface area (Å²) in [5.74, 6) is -0.393. The van der Waals surface area contributed by atoms with Crippen LogP contribution in [0.2, 0.25) is 0 Å². The summed E-state index contributed by atoms with van der Waals surface area (Å²) < 4.78 is 42.1. The van der Waals surface area contributed by atoms with E-state index in [-0.39, 0.29) is 6.61 Å². The molecular formula is C14H18F3NO3. The van der Waals surface area contributed by atoms with Gasteiger partial charge >= 0.3 is 6.18 Å². The molecule has 21 heavy (non-hydrogen) atoms. The van der Waals surface area contributed by atoms with Crippen LogP contribution in [-0.4, -0.2) is 30.8 Å². The van der Waals surface area contributed by atoms with Crippen LogP contribution in [0.3, 0.4) is 0 Å². The monoisotopic (exact) mass is 305 g/mol. The molecule has 0 aromatic heterocycles. The minimum Gasteiger partial charge on any atom is -0.386 e. The number of carbonyl (C=O) groups is 1. The highest BCUT2D eigenvalue weighted by Gasteiger charge is 2.30. The van der Waals surface area contributed by atoms with Gasteiger partial charge in [0.05, 0.1) is 17.7 Å². The van der Waals surface area contributed by atoms with Gasteiger partial charge in [0, 0.05) is 7.11 Å². The van der Waals surface area contributed by atoms with E-state index in [1.54, 1.807) is 6.92 Å². The van der Waals surface area contributed by atoms with Crippen molar-refractivity contribution in [2.75, 3.05) is 13.7 Å². The standard InChI is InChI=1S/C14H18F3NO3/c1-3-11(18-12(19)8-21-2)13(20)9-4-6-10(7-5-9)14(15,16)17/h4-7,11,13,20H,3,8H2,1-2H3,(H,18,19). The number of alkyl halides is 3. The molecule has 0 radical (unpaired) electrons. The van der Waals surface area contributed by atoms with E-state index < -0.39 is 29.8 Å². The molecule has 0 aliphatic heterocycles. The number of rotatable bonds is 6. The zero-order chi connectivity index (χ0) is 16.0. The third-order valence-electron chi connectivity index (χ3n) is 3.02. The summed E-state index contributed by atoms with van der Waals surface area (Å²) in [5.41, 5.74) is -0.470. The number of nitrogens with one attached hydrogen (secondary N) is 1. The minimum absolute atomic E-state index is 0.143. The first-order valence-electron chi connectivity index (χ1n) is 6.43. The molecule has 1 aromatic rings. The quantitative estimate of drug-likeness (QED) is 0.848. The third kappa shape index (κ3) is 5.02. The molecule has 118 valence electrons. The van der Waals surface area contributed by atoms with Crippen LogP contribution in [0, 0.1) is 0 Å². The van der Waals surface area contributed by atoms with Crippen molar-refractivity contribution < 1.29 is 27.8 Å². The number of aliphatic hydroxyl groups is 1. The Hall–Kier alpha value is -1.60. The predicted molar refractivity (Wildman–Crippen MR) is 70.5 cm³/mol. The SMILES string of the molecule is CCC(NC(=O)COC)C(O)c1ccc(C(F)(F)F)cc1. The minimum atomic E-state index is -4.42. The Bertz CT molecular complexity index is 460. The summed E-state index contributed by atoms with van der Waals surface area (Å²) in [5, 5.41) is 12.7. The molecule has 0 saturated heterocycles. The number of hydrogen-bond donors (Lipinski definition) is 2. The molecule has 0 bridgehead atoms. The van der Waals surface area contributed by atoms with E-state index in [1.165, 1.54) is 19.2 Å². The molecule has 2 atom stereocenters. The molecule has 7 heteroatoms. The van der Waals surface area contributed by atoms with E-state index in [0.717, 1.165) is 12.1 Å². The van der Waals surface area contributed by atoms with Gasteiger partial charge in [-0.15, -0.1) is 0 Å². The Morgan fingerprint density at radius 3 is 2.33 bits per heavy atom. The number of aliphatic hydroxyl groups excluding tert-OH is 1. The highest BCUT2D eigenvalue weighted by atomic mass is 19.4. The molecule has 4 nitrogen and oxygen atoms in total. The number of halogens is 3. The molecular weight excluding hydrogens is 287 g/mol. The Morgan fingerprint density at radius 2 is 1.90 bits per heavy atom. The number of ether oxygens (including phenoxy) is 1. The van der Waals surface area contributed by atoms with E-state index in [0.29, 0.717) is 12.0 Å². The van der Waals surface area contributed by atoms with Gasteiger partial charge < -0.3 is 15.2 Å². The molecule has 0 aliphatic carbocycles. The first kappa shape index (κ1) is 17.5. The molecule has 1 amide bonds. The van der Waals surface area contributed by atoms with Crippen molar-refractivity contribution in [2.45, 2.75) is 31.7 Å². The molecule has 1 rings (SSSR count). The first-order valence-corrected chi connectivity index (χ1v) is 6.43. The molecule has 0 aliphatic rings. The lowest BCUT2D eigenvalue weighted by Gasteiger charge is -2.23. The summed E-state index contributed by atoms with van der Waals surface area (Å²) >= 11 is 0. The van der Waals surface area contributed by atoms with Gasteiger partial charge in [-0.2, -0.15) is 13.2 Å². The lowest BCUT2D eigenvalue weighted by molar-refractivity contribution is -0.137. The number of carbonyl (C=O) groups excluding carboxylic acids is 1. The van der Waals surface area contributed by atoms with Gasteiger partial charge in [-0.1, -0.05) is 19.1 Å². The van der Waals surface area contributed by atoms with Gasteiger partial charge in [0.25, 0.3) is 0 Å². The predicted octanol–water partition coefficient (Wildman–Crippen LogP) is 2.28. The van der Waals surface area contributed by atoms with Crippen molar-refractivity contribution in [3.05, 3.63) is 35.4 Å². The van der Waals surface area contributed by atoms with E-state index >= 15 is 0 Å². The van der Waals surface area contributed by atoms with E-state index in [1.807, 2.05) is 0 Å². The summed E-state index contributed by atoms with van der Waals surface area (Å²) in [7, 11) is 1.37. The van der Waals surface area contributed by atoms with Crippen LogP contribution in [0.25, 0.3) is 0 Å². The largest absolute Gasteiger partial charge is 0.416 e. The normalized spacial score (nSPS) is 14.6. The van der Waals surface area contributed by atoms with Crippen molar-refractivity contribution in [1.82, 2.24) is 5.32 Å². The zero-order valence-electron chi connectivity index (χ0n) is 11.8. The number of amides is 1. The third-order valence-corrected chi connectivity index (χ3v) is 3.02. The molecule has 0 spiro atoms. The van der Waals surface area contributed by atoms with Crippen molar-refractivity contribution in [3.63, 3.8) is 0 Å². The van der Waals surface area contributed by atoms with Crippen LogP contribution in [0.5, 0.6) is 0 Å². The lowest BCUT2D eigenvalue weighted by Crippen LogP contribution is -2.40. The van der Waals surface area contributed by atoms with Crippen molar-refractivity contribution in [3.8, 4) is 0 Å². The van der Waals surface area contributed by atoms with Crippen molar-refractivity contribution >= 4 is 5.91 Å². The van der Waals surface area contributed by atoms with Gasteiger partial charge in [-0.05, 0) is 24.1 Å². The summed E-state index contributed by atoms with van der Waals surface area (Å²) in [6.07, 6.45) is -5.07. The molecule has 1 aromatic carbocycles. The Morgan fingerprint density at radius 1 is 1.33 bits per heavy atom. The lowest BCUT2D eigenvalue weighted by atomic mass is 9.99. The van der Waals surface area contributed by atoms with Crippen LogP contribution in [-0.2, 0) is 15.7 Å². The average molecular weight is 305 g/mol. The maximum atomic E-state index is 12.5. The fourth-order valence-corrected chi connectivity index (χ4v) is 1.89. The highest BCUT2D eigenvalue weighted by molar-refractivity contribution is 5.77. The molecule has 2 unspecified atom stereocenters. The zero-order valence-corrected chi connectivity index (χ0v) is 11.8. The summed E-state index contributed by atoms with van der Waals surface area (Å²) in [4.78, 5) is 11.4. The second-order valence-electron chi connectivity index (χ2n) is 4.58. The van der Waals surface area contributed by atoms with Crippen LogP contribution in [0.4, 0.5) is 13.2 Å². The number of benzene rings is 1. The van der Waals surface area contributed by atoms with Crippen LogP contribution < -0.4 is 5.32 Å². The average Bonchev–Trinajstić information content (AvgIpc) is 2.43. The Balaban J connectivity index is 2.80. The van der Waals surface area contributed by atoms with E-state index in [4.69, 9.17) is 0 Å². The van der Waals surface area contributed by atoms with Gasteiger partial charge in [-0.3, -0.25) is 4.79 Å². The van der Waals surface area contributed by atoms with E-state index in [9.17, 15) is 23.1 Å². The Labute approximate surface area is 120 Å². The maximum absolute atomic E-state index is 12.5. The topological polar surface area (TPSA) is 58.6 Å². The summed E-state index contributed by atoms with van der Waals surface area (Å²) in [6, 6.07) is 3.63. The van der Waals surface area contributed by atoms with Crippen LogP contribution >= 0.6 is 0 Å². The van der Waals surface area contributed by atoms with Gasteiger partial charge in [0.2, 0.25) is 5.91 Å². The van der Waals surface area contributed by atoms with Crippen molar-refractivity contribution in [2.24, 2.45) is 0 Å². The Kier molecular flexibility index (Phi) is 6.17. The smallest absolute Gasteiger partial charge is 0.386 e. The highest BCUT2D eigenvalue weighted by Crippen LogP contribution is 2.30.